The largest absolute Gasteiger partial charge is 0.382 e. The first-order valence-corrected chi connectivity index (χ1v) is 7.86. The van der Waals surface area contributed by atoms with Crippen LogP contribution < -0.4 is 10.2 Å². The first-order valence-electron chi connectivity index (χ1n) is 7.06. The molecule has 0 aromatic heterocycles. The SMILES string of the molecule is CC(C)c1ccccc1N1CCNc2cc(Br)ccc21. The summed E-state index contributed by atoms with van der Waals surface area (Å²) >= 11 is 3.55. The lowest BCUT2D eigenvalue weighted by atomic mass is 9.99. The third-order valence-electron chi connectivity index (χ3n) is 3.75. The van der Waals surface area contributed by atoms with Gasteiger partial charge in [0.2, 0.25) is 0 Å². The average Bonchev–Trinajstić information content (AvgIpc) is 2.46. The molecular formula is C17H19BrN2. The number of fused-ring (bicyclic) bond motifs is 1. The first-order chi connectivity index (χ1) is 9.66. The van der Waals surface area contributed by atoms with Gasteiger partial charge in [0.15, 0.2) is 0 Å². The third-order valence-corrected chi connectivity index (χ3v) is 4.24. The van der Waals surface area contributed by atoms with Crippen molar-refractivity contribution in [3.63, 3.8) is 0 Å². The van der Waals surface area contributed by atoms with Crippen molar-refractivity contribution in [3.8, 4) is 0 Å². The van der Waals surface area contributed by atoms with Crippen LogP contribution in [0.1, 0.15) is 25.3 Å². The van der Waals surface area contributed by atoms with Gasteiger partial charge in [0.1, 0.15) is 0 Å². The van der Waals surface area contributed by atoms with Crippen LogP contribution in [0.15, 0.2) is 46.9 Å². The second-order valence-electron chi connectivity index (χ2n) is 5.45. The van der Waals surface area contributed by atoms with Gasteiger partial charge in [-0.15, -0.1) is 0 Å². The van der Waals surface area contributed by atoms with E-state index >= 15 is 0 Å². The van der Waals surface area contributed by atoms with Gasteiger partial charge >= 0.3 is 0 Å². The van der Waals surface area contributed by atoms with E-state index in [1.807, 2.05) is 0 Å². The van der Waals surface area contributed by atoms with Crippen LogP contribution in [0.2, 0.25) is 0 Å². The average molecular weight is 331 g/mol. The molecule has 20 heavy (non-hydrogen) atoms. The summed E-state index contributed by atoms with van der Waals surface area (Å²) in [6, 6.07) is 15.2. The van der Waals surface area contributed by atoms with Crippen molar-refractivity contribution in [2.24, 2.45) is 0 Å². The Morgan fingerprint density at radius 1 is 1.10 bits per heavy atom. The summed E-state index contributed by atoms with van der Waals surface area (Å²) in [6.07, 6.45) is 0. The summed E-state index contributed by atoms with van der Waals surface area (Å²) in [7, 11) is 0. The van der Waals surface area contributed by atoms with Crippen molar-refractivity contribution in [1.29, 1.82) is 0 Å². The van der Waals surface area contributed by atoms with Crippen LogP contribution in [-0.4, -0.2) is 13.1 Å². The van der Waals surface area contributed by atoms with Crippen molar-refractivity contribution in [2.45, 2.75) is 19.8 Å². The molecule has 2 aromatic rings. The summed E-state index contributed by atoms with van der Waals surface area (Å²) in [5, 5.41) is 3.48. The van der Waals surface area contributed by atoms with Crippen molar-refractivity contribution in [3.05, 3.63) is 52.5 Å². The fourth-order valence-electron chi connectivity index (χ4n) is 2.78. The van der Waals surface area contributed by atoms with Crippen LogP contribution in [0.25, 0.3) is 0 Å². The first kappa shape index (κ1) is 13.5. The highest BCUT2D eigenvalue weighted by Gasteiger charge is 2.20. The maximum absolute atomic E-state index is 3.55. The van der Waals surface area contributed by atoms with Crippen LogP contribution in [0, 0.1) is 0 Å². The Morgan fingerprint density at radius 2 is 1.90 bits per heavy atom. The van der Waals surface area contributed by atoms with E-state index in [1.54, 1.807) is 0 Å². The minimum absolute atomic E-state index is 0.528. The third kappa shape index (κ3) is 2.42. The molecule has 1 aliphatic rings. The maximum Gasteiger partial charge on any atom is 0.0648 e. The van der Waals surface area contributed by atoms with E-state index in [-0.39, 0.29) is 0 Å². The van der Waals surface area contributed by atoms with Crippen molar-refractivity contribution < 1.29 is 0 Å². The second kappa shape index (κ2) is 5.49. The molecule has 104 valence electrons. The Bertz CT molecular complexity index is 622. The zero-order valence-electron chi connectivity index (χ0n) is 11.9. The van der Waals surface area contributed by atoms with Crippen molar-refractivity contribution in [1.82, 2.24) is 0 Å². The standard InChI is InChI=1S/C17H19BrN2/c1-12(2)14-5-3-4-6-16(14)20-10-9-19-15-11-13(18)7-8-17(15)20/h3-8,11-12,19H,9-10H2,1-2H3. The predicted octanol–water partition coefficient (Wildman–Crippen LogP) is 5.14. The molecule has 0 spiro atoms. The highest BCUT2D eigenvalue weighted by molar-refractivity contribution is 9.10. The van der Waals surface area contributed by atoms with Crippen LogP contribution >= 0.6 is 15.9 Å². The van der Waals surface area contributed by atoms with Gasteiger partial charge in [-0.3, -0.25) is 0 Å². The van der Waals surface area contributed by atoms with E-state index in [4.69, 9.17) is 0 Å². The predicted molar refractivity (Wildman–Crippen MR) is 90.2 cm³/mol. The number of hydrogen-bond donors (Lipinski definition) is 1. The summed E-state index contributed by atoms with van der Waals surface area (Å²) in [4.78, 5) is 2.42. The Morgan fingerprint density at radius 3 is 2.70 bits per heavy atom. The lowest BCUT2D eigenvalue weighted by molar-refractivity contribution is 0.844. The Labute approximate surface area is 128 Å². The fraction of sp³-hybridized carbons (Fsp3) is 0.294. The number of rotatable bonds is 2. The molecular weight excluding hydrogens is 312 g/mol. The highest BCUT2D eigenvalue weighted by atomic mass is 79.9. The van der Waals surface area contributed by atoms with Gasteiger partial charge in [-0.05, 0) is 35.7 Å². The molecule has 0 saturated heterocycles. The van der Waals surface area contributed by atoms with Gasteiger partial charge < -0.3 is 10.2 Å². The number of anilines is 3. The number of benzene rings is 2. The van der Waals surface area contributed by atoms with Gasteiger partial charge in [0.25, 0.3) is 0 Å². The summed E-state index contributed by atoms with van der Waals surface area (Å²) in [5.74, 6) is 0.528. The van der Waals surface area contributed by atoms with Crippen LogP contribution in [-0.2, 0) is 0 Å². The molecule has 0 unspecified atom stereocenters. The van der Waals surface area contributed by atoms with Gasteiger partial charge in [-0.2, -0.15) is 0 Å². The molecule has 0 fully saturated rings. The number of hydrogen-bond acceptors (Lipinski definition) is 2. The van der Waals surface area contributed by atoms with Gasteiger partial charge in [-0.25, -0.2) is 0 Å². The van der Waals surface area contributed by atoms with Gasteiger partial charge in [-0.1, -0.05) is 48.0 Å². The molecule has 1 heterocycles. The van der Waals surface area contributed by atoms with Crippen molar-refractivity contribution in [2.75, 3.05) is 23.3 Å². The normalized spacial score (nSPS) is 14.1. The molecule has 2 nitrogen and oxygen atoms in total. The zero-order chi connectivity index (χ0) is 14.1. The molecule has 0 radical (unpaired) electrons. The molecule has 0 aliphatic carbocycles. The molecule has 3 rings (SSSR count). The monoisotopic (exact) mass is 330 g/mol. The van der Waals surface area contributed by atoms with Crippen LogP contribution in [0.4, 0.5) is 17.1 Å². The summed E-state index contributed by atoms with van der Waals surface area (Å²) in [5.41, 5.74) is 5.19. The molecule has 1 N–H and O–H groups in total. The molecule has 3 heteroatoms. The van der Waals surface area contributed by atoms with Gasteiger partial charge in [0.05, 0.1) is 11.4 Å². The van der Waals surface area contributed by atoms with Crippen LogP contribution in [0.3, 0.4) is 0 Å². The minimum Gasteiger partial charge on any atom is -0.382 e. The molecule has 0 bridgehead atoms. The molecule has 1 aliphatic heterocycles. The number of nitrogens with one attached hydrogen (secondary N) is 1. The second-order valence-corrected chi connectivity index (χ2v) is 6.37. The molecule has 2 aromatic carbocycles. The number of nitrogens with zero attached hydrogens (tertiary/aromatic N) is 1. The maximum atomic E-state index is 3.55. The summed E-state index contributed by atoms with van der Waals surface area (Å²) < 4.78 is 1.11. The van der Waals surface area contributed by atoms with E-state index in [1.165, 1.54) is 22.6 Å². The number of para-hydroxylation sites is 1. The highest BCUT2D eigenvalue weighted by Crippen LogP contribution is 2.39. The molecule has 0 atom stereocenters. The Hall–Kier alpha value is -1.48. The van der Waals surface area contributed by atoms with Gasteiger partial charge in [0, 0.05) is 23.2 Å². The van der Waals surface area contributed by atoms with E-state index in [0.717, 1.165) is 17.6 Å². The van der Waals surface area contributed by atoms with Crippen LogP contribution in [0.5, 0.6) is 0 Å². The topological polar surface area (TPSA) is 15.3 Å². The van der Waals surface area contributed by atoms with Crippen molar-refractivity contribution >= 4 is 33.0 Å². The molecule has 0 saturated carbocycles. The smallest absolute Gasteiger partial charge is 0.0648 e. The Balaban J connectivity index is 2.09. The quantitative estimate of drug-likeness (QED) is 0.820. The zero-order valence-corrected chi connectivity index (χ0v) is 13.4. The van der Waals surface area contributed by atoms with E-state index in [9.17, 15) is 0 Å². The summed E-state index contributed by atoms with van der Waals surface area (Å²) in [6.45, 7) is 6.47. The molecule has 0 amide bonds. The fourth-order valence-corrected chi connectivity index (χ4v) is 3.14. The van der Waals surface area contributed by atoms with E-state index in [0.29, 0.717) is 5.92 Å². The lowest BCUT2D eigenvalue weighted by Gasteiger charge is -2.34. The van der Waals surface area contributed by atoms with E-state index < -0.39 is 0 Å². The minimum atomic E-state index is 0.528. The Kier molecular flexibility index (Phi) is 3.70. The number of halogens is 1. The van der Waals surface area contributed by atoms with E-state index in [2.05, 4.69) is 82.5 Å². The lowest BCUT2D eigenvalue weighted by Crippen LogP contribution is -2.30.